The molecule has 1 N–H and O–H groups in total. The van der Waals surface area contributed by atoms with E-state index < -0.39 is 0 Å². The SMILES string of the molecule is O=C1CNPC1=O. The fourth-order valence-corrected chi connectivity index (χ4v) is 0.992. The van der Waals surface area contributed by atoms with Crippen molar-refractivity contribution in [3.8, 4) is 0 Å². The Labute approximate surface area is 42.3 Å². The van der Waals surface area contributed by atoms with Crippen molar-refractivity contribution in [3.05, 3.63) is 0 Å². The molecule has 0 aromatic heterocycles. The van der Waals surface area contributed by atoms with Crippen molar-refractivity contribution in [3.63, 3.8) is 0 Å². The Morgan fingerprint density at radius 1 is 1.57 bits per heavy atom. The Kier molecular flexibility index (Phi) is 1.17. The summed E-state index contributed by atoms with van der Waals surface area (Å²) >= 11 is 0. The third-order valence-electron chi connectivity index (χ3n) is 0.704. The maximum absolute atomic E-state index is 10.2. The number of carbonyl (C=O) groups excluding carboxylic acids is 2. The Balaban J connectivity index is 2.65. The lowest BCUT2D eigenvalue weighted by Crippen LogP contribution is -2.07. The molecule has 7 heavy (non-hydrogen) atoms. The van der Waals surface area contributed by atoms with E-state index in [0.29, 0.717) is 0 Å². The third kappa shape index (κ3) is 0.842. The summed E-state index contributed by atoms with van der Waals surface area (Å²) < 4.78 is 0. The summed E-state index contributed by atoms with van der Waals surface area (Å²) in [5, 5.41) is 2.65. The van der Waals surface area contributed by atoms with Gasteiger partial charge < -0.3 is 0 Å². The average molecular weight is 117 g/mol. The minimum atomic E-state index is -0.279. The van der Waals surface area contributed by atoms with Gasteiger partial charge >= 0.3 is 0 Å². The Hall–Kier alpha value is -0.270. The molecule has 1 aliphatic rings. The van der Waals surface area contributed by atoms with Crippen LogP contribution in [-0.2, 0) is 9.59 Å². The molecular weight excluding hydrogens is 113 g/mol. The normalized spacial score (nSPS) is 24.6. The van der Waals surface area contributed by atoms with Crippen molar-refractivity contribution < 1.29 is 9.59 Å². The number of ketones is 1. The van der Waals surface area contributed by atoms with Crippen LogP contribution in [0.25, 0.3) is 0 Å². The van der Waals surface area contributed by atoms with Gasteiger partial charge in [-0.25, -0.2) is 0 Å². The van der Waals surface area contributed by atoms with E-state index in [4.69, 9.17) is 0 Å². The first-order valence-corrected chi connectivity index (χ1v) is 2.87. The molecule has 0 saturated carbocycles. The van der Waals surface area contributed by atoms with Gasteiger partial charge in [-0.15, -0.1) is 0 Å². The Bertz CT molecular complexity index is 108. The lowest BCUT2D eigenvalue weighted by atomic mass is 10.5. The van der Waals surface area contributed by atoms with Gasteiger partial charge in [-0.1, -0.05) is 0 Å². The van der Waals surface area contributed by atoms with Crippen LogP contribution in [0.3, 0.4) is 0 Å². The Morgan fingerprint density at radius 2 is 2.29 bits per heavy atom. The molecule has 1 unspecified atom stereocenters. The van der Waals surface area contributed by atoms with E-state index in [0.717, 1.165) is 0 Å². The highest BCUT2D eigenvalue weighted by Gasteiger charge is 2.19. The second-order valence-electron chi connectivity index (χ2n) is 1.23. The van der Waals surface area contributed by atoms with Crippen molar-refractivity contribution in [1.29, 1.82) is 0 Å². The van der Waals surface area contributed by atoms with Gasteiger partial charge in [0.2, 0.25) is 11.3 Å². The number of hydrogen-bond acceptors (Lipinski definition) is 3. The molecule has 0 aliphatic carbocycles. The summed E-state index contributed by atoms with van der Waals surface area (Å²) in [6.07, 6.45) is 0. The minimum Gasteiger partial charge on any atom is -0.289 e. The molecule has 1 aliphatic heterocycles. The lowest BCUT2D eigenvalue weighted by molar-refractivity contribution is -0.130. The monoisotopic (exact) mass is 117 g/mol. The fourth-order valence-electron chi connectivity index (χ4n) is 0.355. The zero-order valence-corrected chi connectivity index (χ0v) is 4.52. The summed E-state index contributed by atoms with van der Waals surface area (Å²) in [6.45, 7) is 0.247. The third-order valence-corrected chi connectivity index (χ3v) is 1.56. The van der Waals surface area contributed by atoms with E-state index in [1.165, 1.54) is 0 Å². The molecule has 0 radical (unpaired) electrons. The zero-order valence-electron chi connectivity index (χ0n) is 3.52. The summed E-state index contributed by atoms with van der Waals surface area (Å²) in [5.41, 5.74) is -0.264. The number of hydrogen-bond donors (Lipinski definition) is 1. The van der Waals surface area contributed by atoms with Crippen molar-refractivity contribution in [1.82, 2.24) is 5.09 Å². The number of Topliss-reactive ketones (excluding diaryl/α,β-unsaturated/α-hetero) is 1. The first-order valence-electron chi connectivity index (χ1n) is 1.87. The Morgan fingerprint density at radius 3 is 2.43 bits per heavy atom. The van der Waals surface area contributed by atoms with Gasteiger partial charge in [0.15, 0.2) is 0 Å². The van der Waals surface area contributed by atoms with E-state index in [1.807, 2.05) is 0 Å². The van der Waals surface area contributed by atoms with E-state index in [2.05, 4.69) is 5.09 Å². The van der Waals surface area contributed by atoms with Gasteiger partial charge in [-0.2, -0.15) is 0 Å². The van der Waals surface area contributed by atoms with Crippen LogP contribution in [0, 0.1) is 0 Å². The standard InChI is InChI=1S/C3H4NO2P/c5-2-1-4-7-3(2)6/h4,7H,1H2. The predicted molar refractivity (Wildman–Crippen MR) is 26.3 cm³/mol. The molecule has 1 rings (SSSR count). The largest absolute Gasteiger partial charge is 0.289 e. The van der Waals surface area contributed by atoms with Crippen molar-refractivity contribution >= 4 is 20.0 Å². The molecule has 0 amide bonds. The molecule has 1 atom stereocenters. The average Bonchev–Trinajstić information content (AvgIpc) is 1.91. The molecule has 1 saturated heterocycles. The van der Waals surface area contributed by atoms with E-state index in [1.54, 1.807) is 0 Å². The van der Waals surface area contributed by atoms with Crippen molar-refractivity contribution in [2.24, 2.45) is 0 Å². The smallest absolute Gasteiger partial charge is 0.232 e. The van der Waals surface area contributed by atoms with Crippen LogP contribution in [0.1, 0.15) is 0 Å². The molecule has 0 bridgehead atoms. The zero-order chi connectivity index (χ0) is 5.28. The second-order valence-corrected chi connectivity index (χ2v) is 2.29. The highest BCUT2D eigenvalue weighted by Crippen LogP contribution is 2.10. The molecule has 0 spiro atoms. The van der Waals surface area contributed by atoms with Crippen LogP contribution >= 0.6 is 8.73 Å². The number of carbonyl (C=O) groups is 2. The maximum Gasteiger partial charge on any atom is 0.232 e. The van der Waals surface area contributed by atoms with Crippen LogP contribution < -0.4 is 5.09 Å². The quantitative estimate of drug-likeness (QED) is 0.336. The van der Waals surface area contributed by atoms with Crippen LogP contribution in [0.2, 0.25) is 0 Å². The van der Waals surface area contributed by atoms with Crippen molar-refractivity contribution in [2.45, 2.75) is 0 Å². The summed E-state index contributed by atoms with van der Waals surface area (Å²) in [4.78, 5) is 20.3. The minimum absolute atomic E-state index is 0.0243. The molecular formula is C3H4NO2P. The van der Waals surface area contributed by atoms with Crippen LogP contribution in [0.15, 0.2) is 0 Å². The van der Waals surface area contributed by atoms with Gasteiger partial charge in [0, 0.05) is 8.73 Å². The first-order chi connectivity index (χ1) is 3.30. The molecule has 0 aromatic carbocycles. The van der Waals surface area contributed by atoms with E-state index in [9.17, 15) is 9.59 Å². The van der Waals surface area contributed by atoms with Crippen molar-refractivity contribution in [2.75, 3.05) is 6.54 Å². The van der Waals surface area contributed by atoms with Crippen LogP contribution in [-0.4, -0.2) is 17.9 Å². The van der Waals surface area contributed by atoms with Gasteiger partial charge in [0.1, 0.15) is 0 Å². The van der Waals surface area contributed by atoms with Gasteiger partial charge in [-0.3, -0.25) is 14.7 Å². The molecule has 1 fully saturated rings. The fraction of sp³-hybridized carbons (Fsp3) is 0.333. The van der Waals surface area contributed by atoms with Crippen LogP contribution in [0.4, 0.5) is 0 Å². The van der Waals surface area contributed by atoms with Crippen LogP contribution in [0.5, 0.6) is 0 Å². The summed E-state index contributed by atoms with van der Waals surface area (Å²) in [5.74, 6) is -0.279. The second kappa shape index (κ2) is 1.68. The topological polar surface area (TPSA) is 46.2 Å². The highest BCUT2D eigenvalue weighted by atomic mass is 31.1. The molecule has 1 heterocycles. The highest BCUT2D eigenvalue weighted by molar-refractivity contribution is 7.61. The number of rotatable bonds is 0. The van der Waals surface area contributed by atoms with Gasteiger partial charge in [-0.05, 0) is 0 Å². The van der Waals surface area contributed by atoms with Gasteiger partial charge in [0.25, 0.3) is 0 Å². The summed E-state index contributed by atoms with van der Waals surface area (Å²) in [7, 11) is 0.0243. The summed E-state index contributed by atoms with van der Waals surface area (Å²) in [6, 6.07) is 0. The van der Waals surface area contributed by atoms with E-state index in [-0.39, 0.29) is 26.6 Å². The molecule has 3 nitrogen and oxygen atoms in total. The first kappa shape index (κ1) is 4.88. The maximum atomic E-state index is 10.2. The van der Waals surface area contributed by atoms with E-state index >= 15 is 0 Å². The number of nitrogens with one attached hydrogen (secondary N) is 1. The molecule has 0 aromatic rings. The van der Waals surface area contributed by atoms with Gasteiger partial charge in [0.05, 0.1) is 6.54 Å². The lowest BCUT2D eigenvalue weighted by Gasteiger charge is -1.73. The molecule has 4 heteroatoms. The predicted octanol–water partition coefficient (Wildman–Crippen LogP) is -0.721. The molecule has 38 valence electrons.